The molecule has 4 amide bonds. The molecular formula is C25H28BFN4O9S. The van der Waals surface area contributed by atoms with E-state index in [1.54, 1.807) is 12.1 Å². The molecule has 0 bridgehead atoms. The Morgan fingerprint density at radius 1 is 1.22 bits per heavy atom. The molecule has 0 aromatic heterocycles. The molecule has 1 fully saturated rings. The number of fused-ring (bicyclic) bond motifs is 1. The first kappa shape index (κ1) is 30.0. The number of nitrogens with two attached hydrogens (primary N) is 1. The topological polar surface area (TPSA) is 197 Å². The highest BCUT2D eigenvalue weighted by Crippen LogP contribution is 2.37. The number of alkyl halides is 1. The Hall–Kier alpha value is -4.02. The number of Topliss-reactive ketones (excluding diaryl/α,β-unsaturated/α-hetero) is 1. The smallest absolute Gasteiger partial charge is 0.526 e. The van der Waals surface area contributed by atoms with Crippen molar-refractivity contribution < 1.29 is 46.8 Å². The largest absolute Gasteiger partial charge is 0.536 e. The Morgan fingerprint density at radius 2 is 1.95 bits per heavy atom. The van der Waals surface area contributed by atoms with E-state index in [0.29, 0.717) is 10.6 Å². The van der Waals surface area contributed by atoms with E-state index in [1.165, 1.54) is 0 Å². The van der Waals surface area contributed by atoms with Crippen molar-refractivity contribution in [1.82, 2.24) is 15.1 Å². The van der Waals surface area contributed by atoms with Gasteiger partial charge in [0.1, 0.15) is 29.1 Å². The van der Waals surface area contributed by atoms with Gasteiger partial charge in [-0.3, -0.25) is 19.3 Å². The summed E-state index contributed by atoms with van der Waals surface area (Å²) in [5, 5.41) is 28.4. The predicted octanol–water partition coefficient (Wildman–Crippen LogP) is 0.184. The van der Waals surface area contributed by atoms with E-state index in [2.05, 4.69) is 5.32 Å². The summed E-state index contributed by atoms with van der Waals surface area (Å²) in [5.41, 5.74) is 1.51. The number of phenols is 1. The number of nitrogens with one attached hydrogen (secondary N) is 1. The molecule has 2 heterocycles. The van der Waals surface area contributed by atoms with Crippen LogP contribution in [0.15, 0.2) is 41.3 Å². The van der Waals surface area contributed by atoms with Gasteiger partial charge < -0.3 is 25.0 Å². The maximum atomic E-state index is 13.6. The van der Waals surface area contributed by atoms with Crippen LogP contribution in [0, 0.1) is 6.92 Å². The van der Waals surface area contributed by atoms with Gasteiger partial charge in [-0.05, 0) is 42.2 Å². The summed E-state index contributed by atoms with van der Waals surface area (Å²) >= 11 is 0. The van der Waals surface area contributed by atoms with Gasteiger partial charge in [-0.15, -0.1) is 0 Å². The molecule has 218 valence electrons. The number of sulfonamides is 1. The van der Waals surface area contributed by atoms with Crippen LogP contribution in [0.1, 0.15) is 29.2 Å². The number of urea groups is 1. The van der Waals surface area contributed by atoms with Crippen molar-refractivity contribution in [2.75, 3.05) is 26.3 Å². The Bertz CT molecular complexity index is 1510. The van der Waals surface area contributed by atoms with Crippen molar-refractivity contribution in [3.63, 3.8) is 0 Å². The first-order valence-electron chi connectivity index (χ1n) is 12.6. The Labute approximate surface area is 235 Å². The fraction of sp³-hybridized carbons (Fsp3) is 0.360. The zero-order chi connectivity index (χ0) is 30.1. The zero-order valence-corrected chi connectivity index (χ0v) is 22.8. The fourth-order valence-electron chi connectivity index (χ4n) is 4.88. The molecule has 4 rings (SSSR count). The number of carbonyl (C=O) groups excluding carboxylic acids is 4. The zero-order valence-electron chi connectivity index (χ0n) is 21.9. The van der Waals surface area contributed by atoms with E-state index in [0.717, 1.165) is 34.2 Å². The van der Waals surface area contributed by atoms with Crippen molar-refractivity contribution >= 4 is 40.8 Å². The lowest BCUT2D eigenvalue weighted by molar-refractivity contribution is -0.153. The van der Waals surface area contributed by atoms with Crippen molar-refractivity contribution in [2.45, 2.75) is 36.5 Å². The standard InChI is InChI=1S/C25H28BFN4O9S/c1-14-3-2-4-16-11-17(26(37)40-22(14)16)13-19(33)21(15-5-6-20(18(32)12-15)41(28,38)39)29-25(36)31-10-9-30(8-7-27)23(34)24(31)35/h2-6,12,17,21,32,37H,7-11,13H2,1H3,(H,29,36)(H2,28,38,39)/t17-,21-/m1/s1. The average molecular weight is 590 g/mol. The first-order valence-corrected chi connectivity index (χ1v) is 14.1. The molecule has 1 saturated heterocycles. The average Bonchev–Trinajstić information content (AvgIpc) is 2.90. The van der Waals surface area contributed by atoms with Crippen molar-refractivity contribution in [3.05, 3.63) is 53.1 Å². The maximum Gasteiger partial charge on any atom is 0.526 e. The molecule has 0 spiro atoms. The minimum absolute atomic E-state index is 0.0504. The fourth-order valence-corrected chi connectivity index (χ4v) is 5.49. The number of hydrogen-bond acceptors (Lipinski definition) is 9. The number of aromatic hydroxyl groups is 1. The number of amides is 4. The van der Waals surface area contributed by atoms with Crippen LogP contribution in [0.5, 0.6) is 11.5 Å². The Kier molecular flexibility index (Phi) is 8.65. The van der Waals surface area contributed by atoms with Crippen LogP contribution in [-0.4, -0.2) is 85.4 Å². The predicted molar refractivity (Wildman–Crippen MR) is 142 cm³/mol. The molecule has 0 aliphatic carbocycles. The monoisotopic (exact) mass is 590 g/mol. The van der Waals surface area contributed by atoms with E-state index in [1.807, 2.05) is 13.0 Å². The summed E-state index contributed by atoms with van der Waals surface area (Å²) in [6.07, 6.45) is -0.0575. The van der Waals surface area contributed by atoms with E-state index in [-0.39, 0.29) is 38.0 Å². The molecule has 2 aromatic carbocycles. The molecule has 0 unspecified atom stereocenters. The van der Waals surface area contributed by atoms with Gasteiger partial charge in [0.05, 0.1) is 0 Å². The summed E-state index contributed by atoms with van der Waals surface area (Å²) in [7, 11) is -5.67. The third-order valence-electron chi connectivity index (χ3n) is 7.00. The van der Waals surface area contributed by atoms with Crippen LogP contribution in [0.25, 0.3) is 0 Å². The van der Waals surface area contributed by atoms with Crippen molar-refractivity contribution in [2.24, 2.45) is 5.14 Å². The van der Waals surface area contributed by atoms with Gasteiger partial charge in [-0.2, -0.15) is 0 Å². The second-order valence-electron chi connectivity index (χ2n) is 9.80. The minimum atomic E-state index is -4.32. The van der Waals surface area contributed by atoms with Gasteiger partial charge in [0, 0.05) is 31.9 Å². The maximum absolute atomic E-state index is 13.6. The van der Waals surface area contributed by atoms with E-state index < -0.39 is 69.9 Å². The number of nitrogens with zero attached hydrogens (tertiary/aromatic N) is 2. The van der Waals surface area contributed by atoms with E-state index >= 15 is 0 Å². The number of para-hydroxylation sites is 1. The SMILES string of the molecule is Cc1cccc2c1OB(O)[C@@H](CC(=O)[C@H](NC(=O)N1CCN(CCF)C(=O)C1=O)c1ccc(S(N)(=O)=O)c(O)c1)C2. The summed E-state index contributed by atoms with van der Waals surface area (Å²) in [5.74, 6) is -3.98. The van der Waals surface area contributed by atoms with Gasteiger partial charge in [-0.25, -0.2) is 22.7 Å². The lowest BCUT2D eigenvalue weighted by atomic mass is 9.64. The van der Waals surface area contributed by atoms with E-state index in [4.69, 9.17) is 9.79 Å². The summed E-state index contributed by atoms with van der Waals surface area (Å²) in [6.45, 7) is 0.239. The normalized spacial score (nSPS) is 18.0. The third kappa shape index (κ3) is 6.34. The van der Waals surface area contributed by atoms with Gasteiger partial charge in [-0.1, -0.05) is 24.3 Å². The number of imide groups is 1. The molecular weight excluding hydrogens is 562 g/mol. The van der Waals surface area contributed by atoms with Crippen molar-refractivity contribution in [1.29, 1.82) is 0 Å². The van der Waals surface area contributed by atoms with Crippen LogP contribution in [0.3, 0.4) is 0 Å². The number of primary sulfonamides is 1. The number of piperazine rings is 1. The van der Waals surface area contributed by atoms with Crippen LogP contribution >= 0.6 is 0 Å². The second kappa shape index (κ2) is 11.8. The van der Waals surface area contributed by atoms with Gasteiger partial charge >= 0.3 is 25.0 Å². The first-order chi connectivity index (χ1) is 19.3. The molecule has 2 aliphatic rings. The van der Waals surface area contributed by atoms with Crippen LogP contribution in [0.2, 0.25) is 5.82 Å². The highest BCUT2D eigenvalue weighted by Gasteiger charge is 2.40. The molecule has 13 nitrogen and oxygen atoms in total. The summed E-state index contributed by atoms with van der Waals surface area (Å²) in [6, 6.07) is 5.79. The number of carbonyl (C=O) groups is 4. The number of halogens is 1. The molecule has 16 heteroatoms. The summed E-state index contributed by atoms with van der Waals surface area (Å²) < 4.78 is 41.9. The van der Waals surface area contributed by atoms with Gasteiger partial charge in [0.2, 0.25) is 10.0 Å². The number of benzene rings is 2. The van der Waals surface area contributed by atoms with E-state index in [9.17, 15) is 42.1 Å². The highest BCUT2D eigenvalue weighted by molar-refractivity contribution is 7.89. The number of phenolic OH excluding ortho intramolecular Hbond substituents is 1. The van der Waals surface area contributed by atoms with Crippen LogP contribution in [-0.2, 0) is 30.8 Å². The quantitative estimate of drug-likeness (QED) is 0.245. The highest BCUT2D eigenvalue weighted by atomic mass is 32.2. The van der Waals surface area contributed by atoms with Gasteiger partial charge in [0.25, 0.3) is 0 Å². The molecule has 0 radical (unpaired) electrons. The summed E-state index contributed by atoms with van der Waals surface area (Å²) in [4.78, 5) is 52.5. The number of hydrogen-bond donors (Lipinski definition) is 4. The lowest BCUT2D eigenvalue weighted by Crippen LogP contribution is -2.59. The molecule has 2 atom stereocenters. The van der Waals surface area contributed by atoms with Crippen LogP contribution in [0.4, 0.5) is 9.18 Å². The van der Waals surface area contributed by atoms with Gasteiger partial charge in [0.15, 0.2) is 5.78 Å². The van der Waals surface area contributed by atoms with Crippen LogP contribution < -0.4 is 15.1 Å². The number of ketones is 1. The lowest BCUT2D eigenvalue weighted by Gasteiger charge is -2.33. The second-order valence-corrected chi connectivity index (χ2v) is 11.3. The molecule has 2 aliphatic heterocycles. The molecule has 41 heavy (non-hydrogen) atoms. The molecule has 0 saturated carbocycles. The molecule has 2 aromatic rings. The third-order valence-corrected chi connectivity index (χ3v) is 7.96. The number of aryl methyl sites for hydroxylation is 1. The minimum Gasteiger partial charge on any atom is -0.536 e. The Morgan fingerprint density at radius 3 is 2.61 bits per heavy atom. The Balaban J connectivity index is 1.61. The number of rotatable bonds is 8. The molecule has 5 N–H and O–H groups in total. The van der Waals surface area contributed by atoms with Crippen molar-refractivity contribution in [3.8, 4) is 11.5 Å².